The van der Waals surface area contributed by atoms with E-state index in [1.165, 1.54) is 12.1 Å². The number of aromatic nitrogens is 2. The number of fused-ring (bicyclic) bond motifs is 1. The van der Waals surface area contributed by atoms with Gasteiger partial charge in [-0.15, -0.1) is 0 Å². The number of aliphatic hydroxyl groups excluding tert-OH is 1. The highest BCUT2D eigenvalue weighted by molar-refractivity contribution is 6.37. The van der Waals surface area contributed by atoms with Crippen molar-refractivity contribution < 1.29 is 23.0 Å². The number of nitrogens with zero attached hydrogens (tertiary/aromatic N) is 2. The van der Waals surface area contributed by atoms with Crippen molar-refractivity contribution in [1.29, 1.82) is 0 Å². The summed E-state index contributed by atoms with van der Waals surface area (Å²) in [6.45, 7) is -0.634. The second-order valence-corrected chi connectivity index (χ2v) is 6.36. The number of alkyl halides is 3. The second-order valence-electron chi connectivity index (χ2n) is 5.55. The lowest BCUT2D eigenvalue weighted by Gasteiger charge is -2.17. The highest BCUT2D eigenvalue weighted by Gasteiger charge is 2.38. The maximum absolute atomic E-state index is 13.3. The number of ether oxygens (including phenoxy) is 1. The summed E-state index contributed by atoms with van der Waals surface area (Å²) >= 11 is 11.9. The van der Waals surface area contributed by atoms with Crippen LogP contribution < -0.4 is 4.74 Å². The molecule has 1 unspecified atom stereocenters. The number of aliphatic hydroxyl groups is 1. The smallest absolute Gasteiger partial charge is 0.449 e. The highest BCUT2D eigenvalue weighted by Crippen LogP contribution is 2.33. The Morgan fingerprint density at radius 3 is 2.38 bits per heavy atom. The van der Waals surface area contributed by atoms with Crippen molar-refractivity contribution in [3.63, 3.8) is 0 Å². The Kier molecular flexibility index (Phi) is 5.32. The molecule has 1 N–H and O–H groups in total. The van der Waals surface area contributed by atoms with E-state index in [0.717, 1.165) is 4.57 Å². The fourth-order valence-electron chi connectivity index (χ4n) is 2.54. The molecule has 0 spiro atoms. The van der Waals surface area contributed by atoms with Gasteiger partial charge in [-0.3, -0.25) is 0 Å². The molecular formula is C17H13Cl2F3N2O2. The maximum Gasteiger partial charge on any atom is 0.449 e. The van der Waals surface area contributed by atoms with Crippen LogP contribution in [0, 0.1) is 0 Å². The molecule has 3 aromatic rings. The molecule has 0 radical (unpaired) electrons. The Labute approximate surface area is 156 Å². The van der Waals surface area contributed by atoms with Crippen LogP contribution in [0.2, 0.25) is 10.0 Å². The first-order chi connectivity index (χ1) is 12.3. The quantitative estimate of drug-likeness (QED) is 0.664. The van der Waals surface area contributed by atoms with Gasteiger partial charge in [0.1, 0.15) is 12.7 Å². The van der Waals surface area contributed by atoms with Gasteiger partial charge < -0.3 is 14.4 Å². The van der Waals surface area contributed by atoms with E-state index < -0.39 is 18.1 Å². The van der Waals surface area contributed by atoms with Gasteiger partial charge in [0, 0.05) is 0 Å². The maximum atomic E-state index is 13.3. The van der Waals surface area contributed by atoms with Crippen LogP contribution in [0.15, 0.2) is 42.5 Å². The van der Waals surface area contributed by atoms with Crippen molar-refractivity contribution >= 4 is 34.2 Å². The molecule has 3 rings (SSSR count). The summed E-state index contributed by atoms with van der Waals surface area (Å²) in [6.07, 6.45) is -5.88. The Hall–Kier alpha value is -1.96. The summed E-state index contributed by atoms with van der Waals surface area (Å²) < 4.78 is 46.1. The molecule has 0 fully saturated rings. The van der Waals surface area contributed by atoms with E-state index in [2.05, 4.69) is 4.98 Å². The summed E-state index contributed by atoms with van der Waals surface area (Å²) in [4.78, 5) is 3.63. The lowest BCUT2D eigenvalue weighted by molar-refractivity contribution is -0.147. The van der Waals surface area contributed by atoms with E-state index in [0.29, 0.717) is 0 Å². The fourth-order valence-corrected chi connectivity index (χ4v) is 3.05. The molecule has 2 aromatic carbocycles. The van der Waals surface area contributed by atoms with Crippen LogP contribution in [0.5, 0.6) is 5.75 Å². The van der Waals surface area contributed by atoms with Crippen LogP contribution >= 0.6 is 23.2 Å². The van der Waals surface area contributed by atoms with Gasteiger partial charge in [-0.05, 0) is 24.3 Å². The predicted octanol–water partition coefficient (Wildman–Crippen LogP) is 4.80. The monoisotopic (exact) mass is 404 g/mol. The van der Waals surface area contributed by atoms with Crippen LogP contribution in [0.3, 0.4) is 0 Å². The minimum atomic E-state index is -4.65. The first-order valence-corrected chi connectivity index (χ1v) is 8.30. The molecule has 4 nitrogen and oxygen atoms in total. The van der Waals surface area contributed by atoms with E-state index in [9.17, 15) is 18.3 Å². The van der Waals surface area contributed by atoms with Gasteiger partial charge in [-0.2, -0.15) is 13.2 Å². The van der Waals surface area contributed by atoms with Crippen molar-refractivity contribution in [3.05, 3.63) is 58.3 Å². The molecule has 138 valence electrons. The third kappa shape index (κ3) is 3.90. The SMILES string of the molecule is OC(COc1c(Cl)cccc1Cl)Cn1c(C(F)(F)F)nc2ccccc21. The molecule has 0 saturated heterocycles. The van der Waals surface area contributed by atoms with Crippen LogP contribution in [-0.4, -0.2) is 27.4 Å². The van der Waals surface area contributed by atoms with Gasteiger partial charge in [-0.1, -0.05) is 41.4 Å². The van der Waals surface area contributed by atoms with Crippen molar-refractivity contribution in [2.45, 2.75) is 18.8 Å². The van der Waals surface area contributed by atoms with Crippen LogP contribution in [0.1, 0.15) is 5.82 Å². The molecular weight excluding hydrogens is 392 g/mol. The molecule has 1 aromatic heterocycles. The van der Waals surface area contributed by atoms with Gasteiger partial charge >= 0.3 is 6.18 Å². The minimum absolute atomic E-state index is 0.168. The molecule has 9 heteroatoms. The molecule has 0 aliphatic heterocycles. The number of para-hydroxylation sites is 3. The molecule has 0 aliphatic rings. The average molecular weight is 405 g/mol. The summed E-state index contributed by atoms with van der Waals surface area (Å²) in [5.74, 6) is -0.907. The van der Waals surface area contributed by atoms with Crippen molar-refractivity contribution in [2.75, 3.05) is 6.61 Å². The zero-order valence-corrected chi connectivity index (χ0v) is 14.7. The predicted molar refractivity (Wildman–Crippen MR) is 92.7 cm³/mol. The number of benzene rings is 2. The molecule has 0 amide bonds. The summed E-state index contributed by atoms with van der Waals surface area (Å²) in [5.41, 5.74) is 0.469. The second kappa shape index (κ2) is 7.34. The molecule has 1 atom stereocenters. The zero-order chi connectivity index (χ0) is 18.9. The Balaban J connectivity index is 1.82. The average Bonchev–Trinajstić information content (AvgIpc) is 2.93. The zero-order valence-electron chi connectivity index (χ0n) is 13.2. The Morgan fingerprint density at radius 2 is 1.73 bits per heavy atom. The van der Waals surface area contributed by atoms with Gasteiger partial charge in [0.05, 0.1) is 27.6 Å². The Bertz CT molecular complexity index is 908. The van der Waals surface area contributed by atoms with E-state index in [4.69, 9.17) is 27.9 Å². The van der Waals surface area contributed by atoms with E-state index in [1.54, 1.807) is 30.3 Å². The largest absolute Gasteiger partial charge is 0.488 e. The normalized spacial score (nSPS) is 13.2. The number of hydrogen-bond donors (Lipinski definition) is 1. The van der Waals surface area contributed by atoms with Gasteiger partial charge in [-0.25, -0.2) is 4.98 Å². The number of imidazole rings is 1. The molecule has 1 heterocycles. The summed E-state index contributed by atoms with van der Waals surface area (Å²) in [7, 11) is 0. The van der Waals surface area contributed by atoms with E-state index in [1.807, 2.05) is 0 Å². The number of hydrogen-bond acceptors (Lipinski definition) is 3. The van der Waals surface area contributed by atoms with Gasteiger partial charge in [0.15, 0.2) is 5.75 Å². The first kappa shape index (κ1) is 18.8. The number of rotatable bonds is 5. The van der Waals surface area contributed by atoms with Crippen molar-refractivity contribution in [3.8, 4) is 5.75 Å². The van der Waals surface area contributed by atoms with E-state index in [-0.39, 0.29) is 40.0 Å². The molecule has 26 heavy (non-hydrogen) atoms. The topological polar surface area (TPSA) is 47.3 Å². The van der Waals surface area contributed by atoms with E-state index >= 15 is 0 Å². The van der Waals surface area contributed by atoms with Crippen molar-refractivity contribution in [2.24, 2.45) is 0 Å². The minimum Gasteiger partial charge on any atom is -0.488 e. The van der Waals surface area contributed by atoms with Gasteiger partial charge in [0.2, 0.25) is 5.82 Å². The van der Waals surface area contributed by atoms with Crippen LogP contribution in [0.25, 0.3) is 11.0 Å². The first-order valence-electron chi connectivity index (χ1n) is 7.54. The standard InChI is InChI=1S/C17H13Cl2F3N2O2/c18-11-4-3-5-12(19)15(11)26-9-10(25)8-24-14-7-2-1-6-13(14)23-16(24)17(20,21)22/h1-7,10,25H,8-9H2. The third-order valence-corrected chi connectivity index (χ3v) is 4.24. The lowest BCUT2D eigenvalue weighted by Crippen LogP contribution is -2.26. The van der Waals surface area contributed by atoms with Crippen molar-refractivity contribution in [1.82, 2.24) is 9.55 Å². The molecule has 0 aliphatic carbocycles. The van der Waals surface area contributed by atoms with Crippen LogP contribution in [-0.2, 0) is 12.7 Å². The van der Waals surface area contributed by atoms with Crippen LogP contribution in [0.4, 0.5) is 13.2 Å². The highest BCUT2D eigenvalue weighted by atomic mass is 35.5. The summed E-state index contributed by atoms with van der Waals surface area (Å²) in [6, 6.07) is 10.9. The Morgan fingerprint density at radius 1 is 1.08 bits per heavy atom. The third-order valence-electron chi connectivity index (χ3n) is 3.64. The van der Waals surface area contributed by atoms with Gasteiger partial charge in [0.25, 0.3) is 0 Å². The number of halogens is 5. The lowest BCUT2D eigenvalue weighted by atomic mass is 10.3. The molecule has 0 bridgehead atoms. The fraction of sp³-hybridized carbons (Fsp3) is 0.235. The summed E-state index contributed by atoms with van der Waals surface area (Å²) in [5, 5.41) is 10.7. The molecule has 0 saturated carbocycles.